The molecule has 3 nitrogen and oxygen atoms in total. The molecule has 2 rings (SSSR count). The van der Waals surface area contributed by atoms with Crippen LogP contribution in [0, 0.1) is 13.8 Å². The number of nitrogens with zero attached hydrogens (tertiary/aromatic N) is 1. The zero-order chi connectivity index (χ0) is 14.8. The normalized spacial score (nSPS) is 11.2. The fourth-order valence-electron chi connectivity index (χ4n) is 1.80. The van der Waals surface area contributed by atoms with E-state index in [4.69, 9.17) is 0 Å². The number of halogens is 1. The van der Waals surface area contributed by atoms with Crippen LogP contribution in [0.1, 0.15) is 22.3 Å². The van der Waals surface area contributed by atoms with E-state index < -0.39 is 10.4 Å². The first kappa shape index (κ1) is 14.4. The van der Waals surface area contributed by atoms with Gasteiger partial charge in [-0.2, -0.15) is 8.42 Å². The van der Waals surface area contributed by atoms with Gasteiger partial charge in [-0.25, -0.2) is 0 Å². The Hall–Kier alpha value is -2.01. The van der Waals surface area contributed by atoms with Crippen molar-refractivity contribution in [1.82, 2.24) is 0 Å². The number of rotatable bonds is 3. The number of hydrogen-bond acceptors (Lipinski definition) is 2. The van der Waals surface area contributed by atoms with Crippen LogP contribution in [-0.2, 0) is 10.4 Å². The van der Waals surface area contributed by atoms with Gasteiger partial charge in [-0.05, 0) is 13.8 Å². The van der Waals surface area contributed by atoms with Gasteiger partial charge in [0.1, 0.15) is 0 Å². The summed E-state index contributed by atoms with van der Waals surface area (Å²) in [7, 11) is -4.95. The number of hydrogen-bond donors (Lipinski definition) is 0. The average molecular weight is 291 g/mol. The molecule has 0 atom stereocenters. The van der Waals surface area contributed by atoms with Gasteiger partial charge in [-0.15, -0.1) is 4.40 Å². The van der Waals surface area contributed by atoms with Crippen LogP contribution < -0.4 is 0 Å². The maximum absolute atomic E-state index is 13.0. The van der Waals surface area contributed by atoms with Gasteiger partial charge in [0.05, 0.1) is 5.71 Å². The van der Waals surface area contributed by atoms with E-state index in [1.165, 1.54) is 0 Å². The summed E-state index contributed by atoms with van der Waals surface area (Å²) in [6.07, 6.45) is 0. The van der Waals surface area contributed by atoms with Crippen molar-refractivity contribution >= 4 is 16.1 Å². The lowest BCUT2D eigenvalue weighted by Crippen LogP contribution is -2.06. The van der Waals surface area contributed by atoms with Crippen molar-refractivity contribution in [1.29, 1.82) is 0 Å². The molecule has 0 amide bonds. The smallest absolute Gasteiger partial charge is 0.170 e. The Labute approximate surface area is 118 Å². The molecule has 0 saturated carbocycles. The standard InChI is InChI=1S/C15H14FNO2S/c1-11-3-7-13(8-4-11)15(17-20(16,18)19)14-9-5-12(2)6-10-14/h3-10H,1-2H3. The first-order valence-electron chi connectivity index (χ1n) is 6.04. The van der Waals surface area contributed by atoms with Gasteiger partial charge in [-0.3, -0.25) is 0 Å². The van der Waals surface area contributed by atoms with Crippen LogP contribution in [0.3, 0.4) is 0 Å². The van der Waals surface area contributed by atoms with E-state index in [-0.39, 0.29) is 5.71 Å². The summed E-state index contributed by atoms with van der Waals surface area (Å²) in [5, 5.41) is 0. The van der Waals surface area contributed by atoms with Crippen LogP contribution in [0.5, 0.6) is 0 Å². The summed E-state index contributed by atoms with van der Waals surface area (Å²) < 4.78 is 37.9. The lowest BCUT2D eigenvalue weighted by molar-refractivity contribution is 0.554. The zero-order valence-electron chi connectivity index (χ0n) is 11.2. The second-order valence-electron chi connectivity index (χ2n) is 4.58. The Balaban J connectivity index is 2.59. The molecule has 0 radical (unpaired) electrons. The molecule has 0 heterocycles. The number of aryl methyl sites for hydroxylation is 2. The highest BCUT2D eigenvalue weighted by atomic mass is 32.3. The molecule has 0 saturated heterocycles. The van der Waals surface area contributed by atoms with Crippen molar-refractivity contribution in [2.45, 2.75) is 13.8 Å². The van der Waals surface area contributed by atoms with E-state index in [0.717, 1.165) is 11.1 Å². The Bertz CT molecular complexity index is 685. The van der Waals surface area contributed by atoms with E-state index in [0.29, 0.717) is 11.1 Å². The Morgan fingerprint density at radius 2 is 1.20 bits per heavy atom. The molecular weight excluding hydrogens is 277 g/mol. The molecule has 2 aromatic rings. The van der Waals surface area contributed by atoms with Crippen LogP contribution in [0.25, 0.3) is 0 Å². The summed E-state index contributed by atoms with van der Waals surface area (Å²) in [6, 6.07) is 14.2. The van der Waals surface area contributed by atoms with Crippen LogP contribution in [0.4, 0.5) is 3.89 Å². The lowest BCUT2D eigenvalue weighted by atomic mass is 10.0. The van der Waals surface area contributed by atoms with Crippen LogP contribution >= 0.6 is 0 Å². The fraction of sp³-hybridized carbons (Fsp3) is 0.133. The Kier molecular flexibility index (Phi) is 3.99. The van der Waals surface area contributed by atoms with Crippen LogP contribution in [0.15, 0.2) is 52.9 Å². The molecular formula is C15H14FNO2S. The maximum Gasteiger partial charge on any atom is 0.418 e. The molecule has 0 unspecified atom stereocenters. The maximum atomic E-state index is 13.0. The van der Waals surface area contributed by atoms with E-state index in [1.54, 1.807) is 24.3 Å². The van der Waals surface area contributed by atoms with Gasteiger partial charge in [0.15, 0.2) is 0 Å². The summed E-state index contributed by atoms with van der Waals surface area (Å²) in [6.45, 7) is 3.83. The first-order valence-corrected chi connectivity index (χ1v) is 7.38. The van der Waals surface area contributed by atoms with E-state index >= 15 is 0 Å². The van der Waals surface area contributed by atoms with Crippen molar-refractivity contribution < 1.29 is 12.3 Å². The van der Waals surface area contributed by atoms with Crippen LogP contribution in [-0.4, -0.2) is 14.1 Å². The molecule has 0 aliphatic carbocycles. The highest BCUT2D eigenvalue weighted by Crippen LogP contribution is 2.15. The second kappa shape index (κ2) is 5.54. The number of benzene rings is 2. The minimum Gasteiger partial charge on any atom is -0.170 e. The molecule has 0 fully saturated rings. The van der Waals surface area contributed by atoms with E-state index in [2.05, 4.69) is 4.40 Å². The van der Waals surface area contributed by atoms with Gasteiger partial charge in [-0.1, -0.05) is 63.5 Å². The van der Waals surface area contributed by atoms with Crippen molar-refractivity contribution in [3.63, 3.8) is 0 Å². The Morgan fingerprint density at radius 1 is 0.850 bits per heavy atom. The largest absolute Gasteiger partial charge is 0.418 e. The summed E-state index contributed by atoms with van der Waals surface area (Å²) in [5.74, 6) is 0. The van der Waals surface area contributed by atoms with E-state index in [9.17, 15) is 12.3 Å². The summed E-state index contributed by atoms with van der Waals surface area (Å²) in [4.78, 5) is 0. The fourth-order valence-corrected chi connectivity index (χ4v) is 2.23. The highest BCUT2D eigenvalue weighted by Gasteiger charge is 2.12. The molecule has 0 aliphatic heterocycles. The zero-order valence-corrected chi connectivity index (χ0v) is 12.0. The van der Waals surface area contributed by atoms with Gasteiger partial charge >= 0.3 is 10.4 Å². The molecule has 2 aromatic carbocycles. The summed E-state index contributed by atoms with van der Waals surface area (Å²) >= 11 is 0. The average Bonchev–Trinajstić information content (AvgIpc) is 2.37. The van der Waals surface area contributed by atoms with Crippen LogP contribution in [0.2, 0.25) is 0 Å². The molecule has 0 spiro atoms. The van der Waals surface area contributed by atoms with Gasteiger partial charge < -0.3 is 0 Å². The van der Waals surface area contributed by atoms with E-state index in [1.807, 2.05) is 38.1 Å². The van der Waals surface area contributed by atoms with Crippen molar-refractivity contribution in [3.05, 3.63) is 70.8 Å². The predicted molar refractivity (Wildman–Crippen MR) is 78.0 cm³/mol. The third-order valence-corrected chi connectivity index (χ3v) is 3.25. The molecule has 0 aromatic heterocycles. The predicted octanol–water partition coefficient (Wildman–Crippen LogP) is 3.36. The monoisotopic (exact) mass is 291 g/mol. The van der Waals surface area contributed by atoms with Gasteiger partial charge in [0.2, 0.25) is 0 Å². The first-order chi connectivity index (χ1) is 9.35. The summed E-state index contributed by atoms with van der Waals surface area (Å²) in [5.41, 5.74) is 3.27. The van der Waals surface area contributed by atoms with Crippen molar-refractivity contribution in [3.8, 4) is 0 Å². The molecule has 20 heavy (non-hydrogen) atoms. The van der Waals surface area contributed by atoms with Crippen molar-refractivity contribution in [2.24, 2.45) is 4.40 Å². The quantitative estimate of drug-likeness (QED) is 0.643. The molecule has 0 N–H and O–H groups in total. The SMILES string of the molecule is Cc1ccc(C(=NS(=O)(=O)F)c2ccc(C)cc2)cc1. The minimum atomic E-state index is -4.95. The second-order valence-corrected chi connectivity index (χ2v) is 5.59. The Morgan fingerprint density at radius 3 is 1.50 bits per heavy atom. The minimum absolute atomic E-state index is 0.104. The highest BCUT2D eigenvalue weighted by molar-refractivity contribution is 7.85. The van der Waals surface area contributed by atoms with Gasteiger partial charge in [0.25, 0.3) is 0 Å². The molecule has 5 heteroatoms. The third kappa shape index (κ3) is 3.74. The van der Waals surface area contributed by atoms with Gasteiger partial charge in [0, 0.05) is 11.1 Å². The topological polar surface area (TPSA) is 46.5 Å². The third-order valence-electron chi connectivity index (χ3n) is 2.85. The molecule has 0 bridgehead atoms. The lowest BCUT2D eigenvalue weighted by Gasteiger charge is -2.07. The van der Waals surface area contributed by atoms with Crippen molar-refractivity contribution in [2.75, 3.05) is 0 Å². The molecule has 104 valence electrons. The molecule has 0 aliphatic rings.